The Hall–Kier alpha value is -1.89. The first-order chi connectivity index (χ1) is 12.0. The Morgan fingerprint density at radius 1 is 1.16 bits per heavy atom. The van der Waals surface area contributed by atoms with E-state index in [9.17, 15) is 9.59 Å². The summed E-state index contributed by atoms with van der Waals surface area (Å²) < 4.78 is 0. The maximum Gasteiger partial charge on any atom is 0.264 e. The van der Waals surface area contributed by atoms with Crippen LogP contribution in [0, 0.1) is 6.92 Å². The van der Waals surface area contributed by atoms with Crippen LogP contribution in [0.1, 0.15) is 14.5 Å². The molecule has 1 aliphatic rings. The third-order valence-corrected chi connectivity index (χ3v) is 5.31. The molecular weight excluding hydrogens is 358 g/mol. The average molecular weight is 378 g/mol. The first-order valence-corrected chi connectivity index (χ1v) is 9.34. The van der Waals surface area contributed by atoms with Crippen molar-refractivity contribution in [3.8, 4) is 0 Å². The van der Waals surface area contributed by atoms with Gasteiger partial charge in [0.2, 0.25) is 5.91 Å². The molecule has 7 heteroatoms. The third kappa shape index (κ3) is 4.81. The minimum Gasteiger partial charge on any atom is -0.335 e. The number of thiophene rings is 1. The normalized spacial score (nSPS) is 15.2. The highest BCUT2D eigenvalue weighted by Crippen LogP contribution is 2.18. The van der Waals surface area contributed by atoms with E-state index in [1.807, 2.05) is 30.0 Å². The first-order valence-electron chi connectivity index (χ1n) is 8.15. The van der Waals surface area contributed by atoms with Gasteiger partial charge >= 0.3 is 0 Å². The second kappa shape index (κ2) is 7.99. The SMILES string of the molecule is Cc1ccc(C(=O)N2CCN(CC(=O)Nc3cccc(Cl)c3)CC2)s1. The maximum atomic E-state index is 12.4. The fraction of sp³-hybridized carbons (Fsp3) is 0.333. The molecule has 0 radical (unpaired) electrons. The average Bonchev–Trinajstić information content (AvgIpc) is 3.01. The fourth-order valence-corrected chi connectivity index (χ4v) is 3.81. The van der Waals surface area contributed by atoms with Crippen molar-refractivity contribution >= 4 is 40.4 Å². The topological polar surface area (TPSA) is 52.7 Å². The van der Waals surface area contributed by atoms with E-state index in [1.165, 1.54) is 11.3 Å². The molecule has 1 saturated heterocycles. The molecule has 0 spiro atoms. The molecule has 2 amide bonds. The maximum absolute atomic E-state index is 12.4. The minimum absolute atomic E-state index is 0.0732. The summed E-state index contributed by atoms with van der Waals surface area (Å²) in [5.41, 5.74) is 0.694. The summed E-state index contributed by atoms with van der Waals surface area (Å²) in [4.78, 5) is 30.4. The molecule has 0 saturated carbocycles. The monoisotopic (exact) mass is 377 g/mol. The largest absolute Gasteiger partial charge is 0.335 e. The van der Waals surface area contributed by atoms with Crippen molar-refractivity contribution in [2.45, 2.75) is 6.92 Å². The van der Waals surface area contributed by atoms with E-state index < -0.39 is 0 Å². The van der Waals surface area contributed by atoms with Gasteiger partial charge in [-0.25, -0.2) is 0 Å². The van der Waals surface area contributed by atoms with Crippen molar-refractivity contribution in [2.75, 3.05) is 38.0 Å². The summed E-state index contributed by atoms with van der Waals surface area (Å²) in [6, 6.07) is 10.9. The number of piperazine rings is 1. The number of hydrogen-bond donors (Lipinski definition) is 1. The van der Waals surface area contributed by atoms with Gasteiger partial charge in [-0.1, -0.05) is 17.7 Å². The second-order valence-corrected chi connectivity index (χ2v) is 7.76. The molecule has 3 rings (SSSR count). The summed E-state index contributed by atoms with van der Waals surface area (Å²) in [6.07, 6.45) is 0. The predicted molar refractivity (Wildman–Crippen MR) is 101 cm³/mol. The summed E-state index contributed by atoms with van der Waals surface area (Å²) >= 11 is 7.44. The van der Waals surface area contributed by atoms with Crippen LogP contribution in [0.2, 0.25) is 5.02 Å². The molecule has 25 heavy (non-hydrogen) atoms. The summed E-state index contributed by atoms with van der Waals surface area (Å²) in [7, 11) is 0. The van der Waals surface area contributed by atoms with Crippen molar-refractivity contribution in [1.29, 1.82) is 0 Å². The van der Waals surface area contributed by atoms with Crippen molar-refractivity contribution in [1.82, 2.24) is 9.80 Å². The highest BCUT2D eigenvalue weighted by Gasteiger charge is 2.24. The number of halogens is 1. The van der Waals surface area contributed by atoms with Crippen molar-refractivity contribution in [2.24, 2.45) is 0 Å². The van der Waals surface area contributed by atoms with Gasteiger partial charge in [-0.2, -0.15) is 0 Å². The molecule has 1 fully saturated rings. The van der Waals surface area contributed by atoms with Crippen molar-refractivity contribution in [3.63, 3.8) is 0 Å². The predicted octanol–water partition coefficient (Wildman–Crippen LogP) is 3.11. The summed E-state index contributed by atoms with van der Waals surface area (Å²) in [5, 5.41) is 3.44. The van der Waals surface area contributed by atoms with Gasteiger partial charge in [0, 0.05) is 41.8 Å². The quantitative estimate of drug-likeness (QED) is 0.890. The van der Waals surface area contributed by atoms with Gasteiger partial charge in [0.1, 0.15) is 0 Å². The lowest BCUT2D eigenvalue weighted by Gasteiger charge is -2.34. The van der Waals surface area contributed by atoms with Crippen LogP contribution in [0.3, 0.4) is 0 Å². The van der Waals surface area contributed by atoms with Crippen molar-refractivity contribution < 1.29 is 9.59 Å². The lowest BCUT2D eigenvalue weighted by atomic mass is 10.2. The molecule has 0 aliphatic carbocycles. The van der Waals surface area contributed by atoms with Crippen LogP contribution in [0.4, 0.5) is 5.69 Å². The first kappa shape index (κ1) is 17.9. The number of rotatable bonds is 4. The molecule has 1 N–H and O–H groups in total. The number of benzene rings is 1. The van der Waals surface area contributed by atoms with Gasteiger partial charge in [-0.3, -0.25) is 14.5 Å². The third-order valence-electron chi connectivity index (χ3n) is 4.09. The summed E-state index contributed by atoms with van der Waals surface area (Å²) in [5.74, 6) is 0.0112. The van der Waals surface area contributed by atoms with E-state index in [4.69, 9.17) is 11.6 Å². The van der Waals surface area contributed by atoms with Gasteiger partial charge in [0.15, 0.2) is 0 Å². The molecule has 2 aromatic rings. The minimum atomic E-state index is -0.0732. The lowest BCUT2D eigenvalue weighted by molar-refractivity contribution is -0.117. The van der Waals surface area contributed by atoms with Crippen LogP contribution in [-0.4, -0.2) is 54.3 Å². The molecular formula is C18H20ClN3O2S. The van der Waals surface area contributed by atoms with Crippen LogP contribution in [0.5, 0.6) is 0 Å². The Kier molecular flexibility index (Phi) is 5.73. The Bertz CT molecular complexity index is 769. The molecule has 2 heterocycles. The standard InChI is InChI=1S/C18H20ClN3O2S/c1-13-5-6-16(25-13)18(24)22-9-7-21(8-10-22)12-17(23)20-15-4-2-3-14(19)11-15/h2-6,11H,7-10,12H2,1H3,(H,20,23). The zero-order valence-electron chi connectivity index (χ0n) is 14.0. The number of amides is 2. The van der Waals surface area contributed by atoms with Crippen LogP contribution < -0.4 is 5.32 Å². The number of anilines is 1. The van der Waals surface area contributed by atoms with Gasteiger partial charge in [-0.15, -0.1) is 11.3 Å². The smallest absolute Gasteiger partial charge is 0.264 e. The number of carbonyl (C=O) groups excluding carboxylic acids is 2. The molecule has 132 valence electrons. The number of nitrogens with one attached hydrogen (secondary N) is 1. The Morgan fingerprint density at radius 3 is 2.56 bits per heavy atom. The van der Waals surface area contributed by atoms with Crippen LogP contribution in [0.15, 0.2) is 36.4 Å². The fourth-order valence-electron chi connectivity index (χ4n) is 2.78. The van der Waals surface area contributed by atoms with E-state index in [-0.39, 0.29) is 11.8 Å². The molecule has 0 atom stereocenters. The van der Waals surface area contributed by atoms with Crippen molar-refractivity contribution in [3.05, 3.63) is 51.2 Å². The van der Waals surface area contributed by atoms with Crippen LogP contribution >= 0.6 is 22.9 Å². The number of nitrogens with zero attached hydrogens (tertiary/aromatic N) is 2. The second-order valence-electron chi connectivity index (χ2n) is 6.04. The van der Waals surface area contributed by atoms with E-state index in [0.29, 0.717) is 43.4 Å². The zero-order valence-corrected chi connectivity index (χ0v) is 15.6. The molecule has 1 aromatic heterocycles. The van der Waals surface area contributed by atoms with Gasteiger partial charge in [-0.05, 0) is 37.3 Å². The molecule has 1 aliphatic heterocycles. The van der Waals surface area contributed by atoms with Crippen LogP contribution in [0.25, 0.3) is 0 Å². The Morgan fingerprint density at radius 2 is 1.92 bits per heavy atom. The summed E-state index contributed by atoms with van der Waals surface area (Å²) in [6.45, 7) is 4.98. The highest BCUT2D eigenvalue weighted by molar-refractivity contribution is 7.13. The zero-order chi connectivity index (χ0) is 17.8. The molecule has 1 aromatic carbocycles. The number of carbonyl (C=O) groups is 2. The number of aryl methyl sites for hydroxylation is 1. The highest BCUT2D eigenvalue weighted by atomic mass is 35.5. The van der Waals surface area contributed by atoms with E-state index in [1.54, 1.807) is 18.2 Å². The Balaban J connectivity index is 1.47. The van der Waals surface area contributed by atoms with E-state index in [0.717, 1.165) is 9.75 Å². The van der Waals surface area contributed by atoms with E-state index in [2.05, 4.69) is 10.2 Å². The Labute approximate surface area is 156 Å². The molecule has 0 bridgehead atoms. The van der Waals surface area contributed by atoms with Gasteiger partial charge < -0.3 is 10.2 Å². The molecule has 5 nitrogen and oxygen atoms in total. The van der Waals surface area contributed by atoms with E-state index >= 15 is 0 Å². The van der Waals surface area contributed by atoms with Gasteiger partial charge in [0.25, 0.3) is 5.91 Å². The number of hydrogen-bond acceptors (Lipinski definition) is 4. The molecule has 0 unspecified atom stereocenters. The van der Waals surface area contributed by atoms with Gasteiger partial charge in [0.05, 0.1) is 11.4 Å². The lowest BCUT2D eigenvalue weighted by Crippen LogP contribution is -2.50. The van der Waals surface area contributed by atoms with Crippen LogP contribution in [-0.2, 0) is 4.79 Å².